The third-order valence-electron chi connectivity index (χ3n) is 20.5. The first kappa shape index (κ1) is 94.1. The molecular weight excluding hydrogens is 1780 g/mol. The average molecular weight is 1870 g/mol. The van der Waals surface area contributed by atoms with Crippen molar-refractivity contribution in [3.05, 3.63) is 234 Å². The zero-order chi connectivity index (χ0) is 89.5. The number of thioether (sulfide) groups is 5. The summed E-state index contributed by atoms with van der Waals surface area (Å²) in [5.74, 6) is 9.03. The third-order valence-corrected chi connectivity index (χ3v) is 29.2. The molecule has 1 atom stereocenters. The summed E-state index contributed by atoms with van der Waals surface area (Å²) >= 11 is 33.7. The van der Waals surface area contributed by atoms with Crippen molar-refractivity contribution >= 4 is 219 Å². The number of fused-ring (bicyclic) bond motifs is 5. The molecule has 11 heterocycles. The number of aryl methyl sites for hydroxylation is 2. The predicted octanol–water partition coefficient (Wildman–Crippen LogP) is 11.6. The van der Waals surface area contributed by atoms with Gasteiger partial charge in [0, 0.05) is 177 Å². The van der Waals surface area contributed by atoms with Crippen molar-refractivity contribution in [3.8, 4) is 5.75 Å². The van der Waals surface area contributed by atoms with Gasteiger partial charge in [-0.2, -0.15) is 0 Å². The lowest BCUT2D eigenvalue weighted by molar-refractivity contribution is -0.132. The lowest BCUT2D eigenvalue weighted by Crippen LogP contribution is -2.41. The van der Waals surface area contributed by atoms with Crippen LogP contribution in [-0.2, 0) is 122 Å². The molecule has 9 aromatic rings. The minimum atomic E-state index is -2.29. The zero-order valence-corrected chi connectivity index (χ0v) is 78.8. The fraction of sp³-hybridized carbons (Fsp3) is 0.337. The predicted molar refractivity (Wildman–Crippen MR) is 510 cm³/mol. The Hall–Kier alpha value is -9.59. The van der Waals surface area contributed by atoms with E-state index in [2.05, 4.69) is 30.8 Å². The van der Waals surface area contributed by atoms with E-state index < -0.39 is 9.52 Å². The lowest BCUT2D eigenvalue weighted by Gasteiger charge is -2.26. The van der Waals surface area contributed by atoms with Crippen LogP contribution in [0.2, 0.25) is 0 Å². The molecule has 0 radical (unpaired) electrons. The molecule has 5 aromatic heterocycles. The molecule has 40 heteroatoms. The number of rotatable bonds is 16. The summed E-state index contributed by atoms with van der Waals surface area (Å²) in [6.45, 7) is 6.47. The molecule has 1 fully saturated rings. The topological polar surface area (TPSA) is 321 Å². The molecule has 0 spiro atoms. The van der Waals surface area contributed by atoms with Gasteiger partial charge in [-0.15, -0.1) is 58.8 Å². The molecule has 29 nitrogen and oxygen atoms in total. The highest BCUT2D eigenvalue weighted by molar-refractivity contribution is 8.15. The highest BCUT2D eigenvalue weighted by atomic mass is 32.2. The molecule has 6 aliphatic rings. The summed E-state index contributed by atoms with van der Waals surface area (Å²) in [6.07, 6.45) is 4.36. The van der Waals surface area contributed by atoms with E-state index in [4.69, 9.17) is 70.6 Å². The number of amides is 1. The van der Waals surface area contributed by atoms with Crippen LogP contribution in [0.3, 0.4) is 0 Å². The Balaban J connectivity index is 0.000000150. The number of hydrogen-bond donors (Lipinski definition) is 0. The lowest BCUT2D eigenvalue weighted by atomic mass is 10.1. The average Bonchev–Trinajstić information content (AvgIpc) is 1.67. The van der Waals surface area contributed by atoms with E-state index in [-0.39, 0.29) is 69.0 Å². The van der Waals surface area contributed by atoms with Crippen LogP contribution in [0, 0.1) is 37.1 Å². The van der Waals surface area contributed by atoms with Crippen LogP contribution in [0.4, 0.5) is 29.1 Å². The first-order valence-corrected chi connectivity index (χ1v) is 47.0. The van der Waals surface area contributed by atoms with Crippen LogP contribution < -0.4 is 33.2 Å². The van der Waals surface area contributed by atoms with Crippen LogP contribution in [0.25, 0.3) is 0 Å². The van der Waals surface area contributed by atoms with Gasteiger partial charge in [0.2, 0.25) is 5.91 Å². The molecule has 0 N–H and O–H groups in total. The van der Waals surface area contributed by atoms with Gasteiger partial charge in [0.1, 0.15) is 58.0 Å². The van der Waals surface area contributed by atoms with Crippen LogP contribution in [0.15, 0.2) is 151 Å². The second-order valence-corrected chi connectivity index (χ2v) is 38.7. The van der Waals surface area contributed by atoms with Crippen LogP contribution in [0.1, 0.15) is 80.4 Å². The van der Waals surface area contributed by atoms with E-state index in [1.807, 2.05) is 67.3 Å². The monoisotopic (exact) mass is 1870 g/mol. The van der Waals surface area contributed by atoms with Gasteiger partial charge in [0.05, 0.1) is 74.3 Å². The van der Waals surface area contributed by atoms with Gasteiger partial charge in [-0.1, -0.05) is 133 Å². The molecule has 1 amide bonds. The summed E-state index contributed by atoms with van der Waals surface area (Å²) < 4.78 is 39.5. The van der Waals surface area contributed by atoms with Crippen molar-refractivity contribution in [2.24, 2.45) is 95.4 Å². The van der Waals surface area contributed by atoms with Crippen molar-refractivity contribution in [2.75, 3.05) is 68.4 Å². The Morgan fingerprint density at radius 2 is 0.610 bits per heavy atom. The highest BCUT2D eigenvalue weighted by Gasteiger charge is 2.29. The highest BCUT2D eigenvalue weighted by Crippen LogP contribution is 2.35. The van der Waals surface area contributed by atoms with Gasteiger partial charge in [-0.3, -0.25) is 73.9 Å². The van der Waals surface area contributed by atoms with Gasteiger partial charge in [-0.25, -0.2) is 48.9 Å². The van der Waals surface area contributed by atoms with E-state index >= 15 is 0 Å². The van der Waals surface area contributed by atoms with Crippen molar-refractivity contribution in [2.45, 2.75) is 50.8 Å². The summed E-state index contributed by atoms with van der Waals surface area (Å²) in [4.78, 5) is 147. The minimum Gasteiger partial charge on any atom is -0.497 e. The number of aliphatic imine (C=N–C) groups is 5. The number of morpholine rings is 1. The second-order valence-electron chi connectivity index (χ2n) is 29.1. The Morgan fingerprint density at radius 1 is 0.382 bits per heavy atom. The van der Waals surface area contributed by atoms with E-state index in [1.165, 1.54) is 104 Å². The zero-order valence-electron chi connectivity index (χ0n) is 69.8. The quantitative estimate of drug-likeness (QED) is 0.0641. The molecule has 15 rings (SSSR count). The van der Waals surface area contributed by atoms with Gasteiger partial charge in [-0.05, 0) is 65.6 Å². The number of carbonyl (C=O) groups excluding carboxylic acids is 5. The molecule has 644 valence electrons. The van der Waals surface area contributed by atoms with E-state index in [0.717, 1.165) is 64.2 Å². The molecule has 1 unspecified atom stereocenters. The molecule has 6 aliphatic heterocycles. The standard InChI is InChI=1S/C18H19N3O3S3.C17H17N3O3S2.2C17H17N3O2S2.C14H18N4O3S2/c1-20-16-13(17(25)21(2)18(20)23)9-15(19-16)26-10-14(22)11-5-7-12(8-6-11)27(3,4)24;1-19-15-12(16(24)20(2)17(19)22)8-14(18-15)25-9-13(21)10-4-6-11(23-3)7-5-10;2*1-10-4-6-11(7-5-10)13(21)9-24-14-8-12-15(18-14)19(2)17(22)20(3)16(12)23;1-16-12-9(13(22)17(2)14(16)20)7-10(15-12)23-8-11(19)18-3-5-21-6-4-18/h5-8H,3,9-10H2,1-2,4H3;4-7H,8-9H2,1-3H3;2*4-7H,8-9H2,1-3H3;3-8H2,1-2H3. The maximum atomic E-state index is 12.4. The maximum absolute atomic E-state index is 12.4. The maximum Gasteiger partial charge on any atom is 0.330 e. The number of aromatic nitrogens is 10. The van der Waals surface area contributed by atoms with Gasteiger partial charge >= 0.3 is 28.4 Å². The first-order valence-electron chi connectivity index (χ1n) is 37.9. The van der Waals surface area contributed by atoms with Crippen LogP contribution in [0.5, 0.6) is 5.75 Å². The summed E-state index contributed by atoms with van der Waals surface area (Å²) in [6, 6.07) is 28.8. The number of ether oxygens (including phenoxy) is 2. The Labute approximate surface area is 754 Å². The van der Waals surface area contributed by atoms with Crippen LogP contribution in [-0.4, -0.2) is 183 Å². The van der Waals surface area contributed by atoms with Gasteiger partial charge in [0.25, 0.3) is 0 Å². The number of carbonyl (C=O) groups is 5. The third kappa shape index (κ3) is 21.7. The van der Waals surface area contributed by atoms with Gasteiger partial charge < -0.3 is 14.4 Å². The summed E-state index contributed by atoms with van der Waals surface area (Å²) in [5, 5.41) is 4.02. The Kier molecular flexibility index (Phi) is 31.0. The van der Waals surface area contributed by atoms with Crippen molar-refractivity contribution < 1.29 is 37.7 Å². The van der Waals surface area contributed by atoms with Crippen molar-refractivity contribution in [1.82, 2.24) is 50.6 Å². The number of Topliss-reactive ketones (excluding diaryl/α,β-unsaturated/α-hetero) is 4. The number of hydrogen-bond acceptors (Lipinski definition) is 28. The molecule has 0 saturated carbocycles. The Morgan fingerprint density at radius 3 is 0.846 bits per heavy atom. The number of benzene rings is 4. The second kappa shape index (κ2) is 40.6. The van der Waals surface area contributed by atoms with Crippen LogP contribution >= 0.6 is 120 Å². The Bertz CT molecular complexity index is 6620. The number of methoxy groups -OCH3 is 1. The fourth-order valence-corrected chi connectivity index (χ4v) is 19.4. The molecule has 0 aliphatic carbocycles. The first-order chi connectivity index (χ1) is 58.3. The largest absolute Gasteiger partial charge is 0.497 e. The van der Waals surface area contributed by atoms with E-state index in [0.29, 0.717) is 161 Å². The number of ketones is 4. The smallest absolute Gasteiger partial charge is 0.330 e. The molecular formula is C83H88N16O13S11. The molecule has 1 saturated heterocycles. The molecule has 123 heavy (non-hydrogen) atoms. The molecule has 4 aromatic carbocycles. The summed E-state index contributed by atoms with van der Waals surface area (Å²) in [5.41, 5.74) is 8.17. The van der Waals surface area contributed by atoms with Gasteiger partial charge in [0.15, 0.2) is 23.1 Å². The van der Waals surface area contributed by atoms with E-state index in [1.54, 1.807) is 132 Å². The fourth-order valence-electron chi connectivity index (χ4n) is 13.1. The molecule has 0 bridgehead atoms. The minimum absolute atomic E-state index is 0.0179. The van der Waals surface area contributed by atoms with Crippen molar-refractivity contribution in [3.63, 3.8) is 0 Å². The normalized spacial score (nSPS) is 14.1. The SMILES string of the molecule is C=S(C)(=O)c1ccc(C(=O)CSC2=Nc3c(c(=S)n(C)c(=O)n3C)C2)cc1.COc1ccc(C(=O)CSC2=Nc3c(c(=S)n(C)c(=O)n3C)C2)cc1.Cc1ccc(C(=O)CSC2=Nc3c(c(=S)n(C)c(=O)n3C)C2)cc1.Cc1ccc(C(=O)CSC2=Nc3c(c(=S)n(C)c(=O)n3C)C2)cc1.Cn1c2c(c(=S)n(C)c1=O)CC(SCC(=O)N1CCOCC1)=N2. The van der Waals surface area contributed by atoms with E-state index in [9.17, 15) is 52.2 Å². The number of nitrogens with zero attached hydrogens (tertiary/aromatic N) is 16. The summed E-state index contributed by atoms with van der Waals surface area (Å²) in [7, 11) is 16.0. The van der Waals surface area contributed by atoms with Crippen molar-refractivity contribution in [1.29, 1.82) is 0 Å².